The van der Waals surface area contributed by atoms with Crippen LogP contribution in [-0.4, -0.2) is 60.8 Å². The molecule has 2 aromatic rings. The highest BCUT2D eigenvalue weighted by molar-refractivity contribution is 7.91. The molecule has 7 nitrogen and oxygen atoms in total. The normalized spacial score (nSPS) is 17.3. The van der Waals surface area contributed by atoms with Gasteiger partial charge < -0.3 is 10.2 Å². The number of amides is 2. The van der Waals surface area contributed by atoms with Crippen molar-refractivity contribution >= 4 is 44.6 Å². The van der Waals surface area contributed by atoms with E-state index in [9.17, 15) is 18.0 Å². The Morgan fingerprint density at radius 1 is 1.22 bits per heavy atom. The van der Waals surface area contributed by atoms with E-state index in [1.165, 1.54) is 16.2 Å². The number of aromatic nitrogens is 1. The molecule has 2 heterocycles. The Hall–Kier alpha value is -1.97. The van der Waals surface area contributed by atoms with Gasteiger partial charge in [-0.3, -0.25) is 9.59 Å². The maximum absolute atomic E-state index is 12.4. The molecule has 10 heteroatoms. The lowest BCUT2D eigenvalue weighted by atomic mass is 10.2. The van der Waals surface area contributed by atoms with Gasteiger partial charge >= 0.3 is 0 Å². The van der Waals surface area contributed by atoms with Crippen LogP contribution >= 0.6 is 22.9 Å². The molecule has 1 aromatic heterocycles. The van der Waals surface area contributed by atoms with E-state index in [1.54, 1.807) is 24.4 Å². The van der Waals surface area contributed by atoms with Gasteiger partial charge in [0.05, 0.1) is 11.5 Å². The van der Waals surface area contributed by atoms with E-state index < -0.39 is 21.8 Å². The van der Waals surface area contributed by atoms with Crippen LogP contribution in [0.2, 0.25) is 5.02 Å². The van der Waals surface area contributed by atoms with Crippen molar-refractivity contribution in [3.05, 3.63) is 40.4 Å². The van der Waals surface area contributed by atoms with Crippen molar-refractivity contribution in [2.24, 2.45) is 0 Å². The Labute approximate surface area is 166 Å². The number of carbonyl (C=O) groups excluding carboxylic acids is 2. The first-order chi connectivity index (χ1) is 12.7. The Kier molecular flexibility index (Phi) is 5.83. The monoisotopic (exact) mass is 427 g/mol. The van der Waals surface area contributed by atoms with Crippen LogP contribution in [0.25, 0.3) is 10.6 Å². The number of hydrogen-bond donors (Lipinski definition) is 1. The second-order valence-electron chi connectivity index (χ2n) is 6.22. The molecule has 1 N–H and O–H groups in total. The topological polar surface area (TPSA) is 96.4 Å². The highest BCUT2D eigenvalue weighted by Gasteiger charge is 2.29. The van der Waals surface area contributed by atoms with E-state index in [1.807, 2.05) is 12.1 Å². The molecule has 144 valence electrons. The number of thiazole rings is 1. The molecule has 0 aliphatic carbocycles. The van der Waals surface area contributed by atoms with Gasteiger partial charge in [-0.2, -0.15) is 0 Å². The van der Waals surface area contributed by atoms with Crippen molar-refractivity contribution in [2.45, 2.75) is 13.0 Å². The lowest BCUT2D eigenvalue weighted by Crippen LogP contribution is -2.51. The van der Waals surface area contributed by atoms with Crippen LogP contribution < -0.4 is 5.32 Å². The molecule has 0 saturated carbocycles. The third kappa shape index (κ3) is 4.85. The van der Waals surface area contributed by atoms with Crippen LogP contribution in [0.15, 0.2) is 29.6 Å². The highest BCUT2D eigenvalue weighted by atomic mass is 35.5. The minimum absolute atomic E-state index is 0.0457. The zero-order chi connectivity index (χ0) is 19.6. The number of rotatable bonds is 4. The summed E-state index contributed by atoms with van der Waals surface area (Å²) in [6, 6.07) is 6.37. The van der Waals surface area contributed by atoms with E-state index in [4.69, 9.17) is 11.6 Å². The first-order valence-corrected chi connectivity index (χ1v) is 11.3. The Morgan fingerprint density at radius 2 is 1.85 bits per heavy atom. The lowest BCUT2D eigenvalue weighted by Gasteiger charge is -2.29. The highest BCUT2D eigenvalue weighted by Crippen LogP contribution is 2.25. The van der Waals surface area contributed by atoms with Crippen LogP contribution in [0, 0.1) is 0 Å². The van der Waals surface area contributed by atoms with Crippen LogP contribution in [0.1, 0.15) is 17.4 Å². The van der Waals surface area contributed by atoms with E-state index >= 15 is 0 Å². The standard InChI is InChI=1S/C17H18ClN3O4S2/c1-11(17(23)21-6-8-27(24,25)9-7-21)19-15(22)14-10-26-16(20-14)12-2-4-13(18)5-3-12/h2-5,10-11H,6-9H2,1H3,(H,19,22). The largest absolute Gasteiger partial charge is 0.339 e. The van der Waals surface area contributed by atoms with Crippen molar-refractivity contribution in [3.8, 4) is 10.6 Å². The summed E-state index contributed by atoms with van der Waals surface area (Å²) in [7, 11) is -3.07. The van der Waals surface area contributed by atoms with E-state index in [0.29, 0.717) is 10.0 Å². The van der Waals surface area contributed by atoms with Gasteiger partial charge in [-0.25, -0.2) is 13.4 Å². The Morgan fingerprint density at radius 3 is 2.48 bits per heavy atom. The van der Waals surface area contributed by atoms with Crippen molar-refractivity contribution in [1.29, 1.82) is 0 Å². The molecule has 1 aliphatic heterocycles. The van der Waals surface area contributed by atoms with Crippen LogP contribution in [0.4, 0.5) is 0 Å². The van der Waals surface area contributed by atoms with Crippen molar-refractivity contribution in [3.63, 3.8) is 0 Å². The number of nitrogens with one attached hydrogen (secondary N) is 1. The molecular formula is C17H18ClN3O4S2. The van der Waals surface area contributed by atoms with E-state index in [2.05, 4.69) is 10.3 Å². The number of carbonyl (C=O) groups is 2. The molecule has 1 atom stereocenters. The quantitative estimate of drug-likeness (QED) is 0.803. The fourth-order valence-corrected chi connectivity index (χ4v) is 4.78. The summed E-state index contributed by atoms with van der Waals surface area (Å²) in [4.78, 5) is 30.6. The summed E-state index contributed by atoms with van der Waals surface area (Å²) in [5, 5.41) is 5.55. The lowest BCUT2D eigenvalue weighted by molar-refractivity contribution is -0.132. The molecule has 2 amide bonds. The molecule has 27 heavy (non-hydrogen) atoms. The summed E-state index contributed by atoms with van der Waals surface area (Å²) < 4.78 is 22.9. The van der Waals surface area contributed by atoms with Gasteiger partial charge in [-0.1, -0.05) is 23.7 Å². The minimum atomic E-state index is -3.07. The first kappa shape index (κ1) is 19.8. The molecule has 0 radical (unpaired) electrons. The fourth-order valence-electron chi connectivity index (χ4n) is 2.64. The summed E-state index contributed by atoms with van der Waals surface area (Å²) >= 11 is 7.19. The SMILES string of the molecule is CC(NC(=O)c1csc(-c2ccc(Cl)cc2)n1)C(=O)N1CCS(=O)(=O)CC1. The van der Waals surface area contributed by atoms with Crippen molar-refractivity contribution in [2.75, 3.05) is 24.6 Å². The molecule has 1 aliphatic rings. The summed E-state index contributed by atoms with van der Waals surface area (Å²) in [5.41, 5.74) is 1.08. The number of benzene rings is 1. The Balaban J connectivity index is 1.61. The molecule has 3 rings (SSSR count). The fraction of sp³-hybridized carbons (Fsp3) is 0.353. The van der Waals surface area contributed by atoms with Gasteiger partial charge in [0.15, 0.2) is 9.84 Å². The predicted molar refractivity (Wildman–Crippen MR) is 105 cm³/mol. The number of hydrogen-bond acceptors (Lipinski definition) is 6. The average molecular weight is 428 g/mol. The molecule has 1 aromatic carbocycles. The van der Waals surface area contributed by atoms with Crippen molar-refractivity contribution < 1.29 is 18.0 Å². The summed E-state index contributed by atoms with van der Waals surface area (Å²) in [6.45, 7) is 1.88. The Bertz CT molecular complexity index is 943. The van der Waals surface area contributed by atoms with Gasteiger partial charge in [0.1, 0.15) is 16.7 Å². The summed E-state index contributed by atoms with van der Waals surface area (Å²) in [6.07, 6.45) is 0. The molecule has 1 saturated heterocycles. The molecule has 1 unspecified atom stereocenters. The van der Waals surface area contributed by atoms with Gasteiger partial charge in [-0.05, 0) is 19.1 Å². The smallest absolute Gasteiger partial charge is 0.271 e. The van der Waals surface area contributed by atoms with Crippen LogP contribution in [0.3, 0.4) is 0 Å². The minimum Gasteiger partial charge on any atom is -0.339 e. The zero-order valence-electron chi connectivity index (χ0n) is 14.5. The molecule has 1 fully saturated rings. The maximum atomic E-state index is 12.4. The molecule has 0 bridgehead atoms. The molecular weight excluding hydrogens is 410 g/mol. The number of nitrogens with zero attached hydrogens (tertiary/aromatic N) is 2. The zero-order valence-corrected chi connectivity index (χ0v) is 16.9. The third-order valence-electron chi connectivity index (χ3n) is 4.20. The average Bonchev–Trinajstić information content (AvgIpc) is 3.12. The molecule has 0 spiro atoms. The third-order valence-corrected chi connectivity index (χ3v) is 6.95. The number of sulfone groups is 1. The van der Waals surface area contributed by atoms with Crippen LogP contribution in [-0.2, 0) is 14.6 Å². The van der Waals surface area contributed by atoms with Gasteiger partial charge in [0.25, 0.3) is 5.91 Å². The second kappa shape index (κ2) is 7.95. The number of halogens is 1. The van der Waals surface area contributed by atoms with E-state index in [-0.39, 0.29) is 36.2 Å². The van der Waals surface area contributed by atoms with Crippen LogP contribution in [0.5, 0.6) is 0 Å². The van der Waals surface area contributed by atoms with Gasteiger partial charge in [-0.15, -0.1) is 11.3 Å². The second-order valence-corrected chi connectivity index (χ2v) is 9.82. The maximum Gasteiger partial charge on any atom is 0.271 e. The first-order valence-electron chi connectivity index (χ1n) is 8.27. The summed E-state index contributed by atoms with van der Waals surface area (Å²) in [5.74, 6) is -0.838. The van der Waals surface area contributed by atoms with E-state index in [0.717, 1.165) is 5.56 Å². The van der Waals surface area contributed by atoms with Crippen molar-refractivity contribution in [1.82, 2.24) is 15.2 Å². The van der Waals surface area contributed by atoms with Gasteiger partial charge in [0.2, 0.25) is 5.91 Å². The predicted octanol–water partition coefficient (Wildman–Crippen LogP) is 1.84. The van der Waals surface area contributed by atoms with Gasteiger partial charge in [0, 0.05) is 29.1 Å².